The summed E-state index contributed by atoms with van der Waals surface area (Å²) in [5.74, 6) is -0.967. The molecule has 0 aromatic rings. The molecule has 16 heavy (non-hydrogen) atoms. The van der Waals surface area contributed by atoms with Crippen LogP contribution in [0.3, 0.4) is 0 Å². The van der Waals surface area contributed by atoms with Crippen molar-refractivity contribution in [1.29, 1.82) is 0 Å². The Balaban J connectivity index is 2.43. The summed E-state index contributed by atoms with van der Waals surface area (Å²) in [6, 6.07) is -1.05. The minimum Gasteiger partial charge on any atom is -0.480 e. The molecule has 0 aliphatic carbocycles. The summed E-state index contributed by atoms with van der Waals surface area (Å²) in [4.78, 5) is 24.2. The van der Waals surface area contributed by atoms with E-state index in [9.17, 15) is 9.59 Å². The zero-order chi connectivity index (χ0) is 12.0. The Labute approximate surface area is 95.0 Å². The van der Waals surface area contributed by atoms with E-state index in [0.717, 1.165) is 19.5 Å². The Bertz CT molecular complexity index is 252. The number of hydrogen-bond donors (Lipinski definition) is 3. The van der Waals surface area contributed by atoms with Crippen LogP contribution in [0.15, 0.2) is 0 Å². The lowest BCUT2D eigenvalue weighted by atomic mass is 10.2. The van der Waals surface area contributed by atoms with Crippen molar-refractivity contribution in [3.63, 3.8) is 0 Å². The van der Waals surface area contributed by atoms with Crippen LogP contribution in [0.5, 0.6) is 0 Å². The summed E-state index contributed by atoms with van der Waals surface area (Å²) in [5.41, 5.74) is 0. The molecule has 92 valence electrons. The first-order valence-corrected chi connectivity index (χ1v) is 5.64. The standard InChI is InChI=1S/C10H19N3O3/c1-2-3-8(9(14)15)12-10(16)13-6-4-11-5-7-13/h8,11H,2-7H2,1H3,(H,12,16)(H,14,15). The second kappa shape index (κ2) is 6.32. The first-order valence-electron chi connectivity index (χ1n) is 5.64. The second-order valence-corrected chi connectivity index (χ2v) is 3.87. The predicted molar refractivity (Wildman–Crippen MR) is 59.3 cm³/mol. The molecule has 0 spiro atoms. The third-order valence-electron chi connectivity index (χ3n) is 2.58. The number of nitrogens with one attached hydrogen (secondary N) is 2. The molecule has 0 radical (unpaired) electrons. The van der Waals surface area contributed by atoms with Gasteiger partial charge >= 0.3 is 12.0 Å². The molecule has 6 nitrogen and oxygen atoms in total. The van der Waals surface area contributed by atoms with Gasteiger partial charge in [-0.05, 0) is 6.42 Å². The van der Waals surface area contributed by atoms with Gasteiger partial charge in [0.1, 0.15) is 6.04 Å². The van der Waals surface area contributed by atoms with Gasteiger partial charge in [0.2, 0.25) is 0 Å². The average molecular weight is 229 g/mol. The Morgan fingerprint density at radius 1 is 1.44 bits per heavy atom. The topological polar surface area (TPSA) is 81.7 Å². The number of carboxylic acid groups (broad SMARTS) is 1. The molecular weight excluding hydrogens is 210 g/mol. The number of amides is 2. The zero-order valence-corrected chi connectivity index (χ0v) is 9.53. The number of carboxylic acids is 1. The summed E-state index contributed by atoms with van der Waals surface area (Å²) < 4.78 is 0. The molecular formula is C10H19N3O3. The maximum absolute atomic E-state index is 11.7. The maximum Gasteiger partial charge on any atom is 0.326 e. The van der Waals surface area contributed by atoms with Crippen LogP contribution < -0.4 is 10.6 Å². The Morgan fingerprint density at radius 3 is 2.56 bits per heavy atom. The number of hydrogen-bond acceptors (Lipinski definition) is 3. The van der Waals surface area contributed by atoms with E-state index in [1.165, 1.54) is 0 Å². The molecule has 1 aliphatic heterocycles. The van der Waals surface area contributed by atoms with Gasteiger partial charge < -0.3 is 20.6 Å². The highest BCUT2D eigenvalue weighted by atomic mass is 16.4. The maximum atomic E-state index is 11.7. The summed E-state index contributed by atoms with van der Waals surface area (Å²) in [5, 5.41) is 14.6. The van der Waals surface area contributed by atoms with Crippen molar-refractivity contribution in [2.45, 2.75) is 25.8 Å². The molecule has 2 amide bonds. The van der Waals surface area contributed by atoms with Gasteiger partial charge in [0.15, 0.2) is 0 Å². The number of nitrogens with zero attached hydrogens (tertiary/aromatic N) is 1. The van der Waals surface area contributed by atoms with Crippen molar-refractivity contribution in [3.05, 3.63) is 0 Å². The van der Waals surface area contributed by atoms with Gasteiger partial charge in [-0.3, -0.25) is 0 Å². The molecule has 0 aromatic heterocycles. The lowest BCUT2D eigenvalue weighted by Crippen LogP contribution is -2.53. The van der Waals surface area contributed by atoms with Crippen molar-refractivity contribution < 1.29 is 14.7 Å². The highest BCUT2D eigenvalue weighted by Gasteiger charge is 2.22. The van der Waals surface area contributed by atoms with Gasteiger partial charge in [0.25, 0.3) is 0 Å². The SMILES string of the molecule is CCCC(NC(=O)N1CCNCC1)C(=O)O. The lowest BCUT2D eigenvalue weighted by Gasteiger charge is -2.28. The van der Waals surface area contributed by atoms with E-state index in [0.29, 0.717) is 19.5 Å². The fourth-order valence-electron chi connectivity index (χ4n) is 1.65. The number of carbonyl (C=O) groups is 2. The van der Waals surface area contributed by atoms with Crippen LogP contribution in [0.4, 0.5) is 4.79 Å². The molecule has 1 saturated heterocycles. The number of piperazine rings is 1. The van der Waals surface area contributed by atoms with Crippen LogP contribution >= 0.6 is 0 Å². The molecule has 1 rings (SSSR count). The van der Waals surface area contributed by atoms with Crippen LogP contribution in [0, 0.1) is 0 Å². The summed E-state index contributed by atoms with van der Waals surface area (Å²) in [6.45, 7) is 4.68. The van der Waals surface area contributed by atoms with Crippen LogP contribution in [-0.2, 0) is 4.79 Å². The van der Waals surface area contributed by atoms with Crippen LogP contribution in [0.1, 0.15) is 19.8 Å². The van der Waals surface area contributed by atoms with Gasteiger partial charge in [-0.2, -0.15) is 0 Å². The molecule has 1 heterocycles. The summed E-state index contributed by atoms with van der Waals surface area (Å²) in [6.07, 6.45) is 1.20. The van der Waals surface area contributed by atoms with Crippen molar-refractivity contribution in [2.75, 3.05) is 26.2 Å². The van der Waals surface area contributed by atoms with E-state index in [4.69, 9.17) is 5.11 Å². The largest absolute Gasteiger partial charge is 0.480 e. The molecule has 1 unspecified atom stereocenters. The van der Waals surface area contributed by atoms with Gasteiger partial charge in [0.05, 0.1) is 0 Å². The second-order valence-electron chi connectivity index (χ2n) is 3.87. The minimum absolute atomic E-state index is 0.276. The summed E-state index contributed by atoms with van der Waals surface area (Å²) in [7, 11) is 0. The third-order valence-corrected chi connectivity index (χ3v) is 2.58. The van der Waals surface area contributed by atoms with Gasteiger partial charge in [-0.25, -0.2) is 9.59 Å². The average Bonchev–Trinajstić information content (AvgIpc) is 2.29. The Kier molecular flexibility index (Phi) is 5.04. The Hall–Kier alpha value is -1.30. The smallest absolute Gasteiger partial charge is 0.326 e. The van der Waals surface area contributed by atoms with E-state index in [-0.39, 0.29) is 6.03 Å². The highest BCUT2D eigenvalue weighted by Crippen LogP contribution is 2.00. The normalized spacial score (nSPS) is 17.9. The number of rotatable bonds is 4. The first-order chi connectivity index (χ1) is 7.65. The van der Waals surface area contributed by atoms with Crippen molar-refractivity contribution in [1.82, 2.24) is 15.5 Å². The van der Waals surface area contributed by atoms with E-state index < -0.39 is 12.0 Å². The fraction of sp³-hybridized carbons (Fsp3) is 0.800. The van der Waals surface area contributed by atoms with Crippen LogP contribution in [-0.4, -0.2) is 54.2 Å². The molecule has 1 fully saturated rings. The van der Waals surface area contributed by atoms with Crippen LogP contribution in [0.2, 0.25) is 0 Å². The van der Waals surface area contributed by atoms with Gasteiger partial charge in [-0.15, -0.1) is 0 Å². The van der Waals surface area contributed by atoms with Crippen molar-refractivity contribution >= 4 is 12.0 Å². The monoisotopic (exact) mass is 229 g/mol. The first kappa shape index (κ1) is 12.8. The van der Waals surface area contributed by atoms with E-state index in [1.54, 1.807) is 4.90 Å². The number of carbonyl (C=O) groups excluding carboxylic acids is 1. The van der Waals surface area contributed by atoms with E-state index in [2.05, 4.69) is 10.6 Å². The van der Waals surface area contributed by atoms with Gasteiger partial charge in [-0.1, -0.05) is 13.3 Å². The van der Waals surface area contributed by atoms with E-state index >= 15 is 0 Å². The third kappa shape index (κ3) is 3.69. The predicted octanol–water partition coefficient (Wildman–Crippen LogP) is -0.145. The quantitative estimate of drug-likeness (QED) is 0.626. The molecule has 0 aromatic carbocycles. The zero-order valence-electron chi connectivity index (χ0n) is 9.53. The Morgan fingerprint density at radius 2 is 2.06 bits per heavy atom. The highest BCUT2D eigenvalue weighted by molar-refractivity contribution is 5.82. The molecule has 6 heteroatoms. The van der Waals surface area contributed by atoms with Gasteiger partial charge in [0, 0.05) is 26.2 Å². The summed E-state index contributed by atoms with van der Waals surface area (Å²) >= 11 is 0. The van der Waals surface area contributed by atoms with Crippen LogP contribution in [0.25, 0.3) is 0 Å². The van der Waals surface area contributed by atoms with Crippen molar-refractivity contribution in [2.24, 2.45) is 0 Å². The lowest BCUT2D eigenvalue weighted by molar-refractivity contribution is -0.139. The molecule has 0 bridgehead atoms. The molecule has 1 aliphatic rings. The molecule has 1 atom stereocenters. The van der Waals surface area contributed by atoms with Crippen molar-refractivity contribution in [3.8, 4) is 0 Å². The number of urea groups is 1. The number of aliphatic carboxylic acids is 1. The molecule has 3 N–H and O–H groups in total. The van der Waals surface area contributed by atoms with E-state index in [1.807, 2.05) is 6.92 Å². The minimum atomic E-state index is -0.967. The molecule has 0 saturated carbocycles. The fourth-order valence-corrected chi connectivity index (χ4v) is 1.65.